The second-order valence-corrected chi connectivity index (χ2v) is 6.31. The molecule has 1 heterocycles. The smallest absolute Gasteiger partial charge is 0.163 e. The van der Waals surface area contributed by atoms with Crippen molar-refractivity contribution in [3.8, 4) is 17.1 Å². The van der Waals surface area contributed by atoms with Crippen LogP contribution in [-0.2, 0) is 6.54 Å². The molecule has 1 aromatic heterocycles. The van der Waals surface area contributed by atoms with Gasteiger partial charge in [-0.15, -0.1) is 0 Å². The highest BCUT2D eigenvalue weighted by Crippen LogP contribution is 2.21. The first-order chi connectivity index (χ1) is 13.3. The van der Waals surface area contributed by atoms with E-state index < -0.39 is 0 Å². The van der Waals surface area contributed by atoms with E-state index in [2.05, 4.69) is 22.5 Å². The number of nitrogens with zero attached hydrogens (tertiary/aromatic N) is 2. The van der Waals surface area contributed by atoms with E-state index in [1.807, 2.05) is 60.7 Å². The van der Waals surface area contributed by atoms with Crippen LogP contribution in [0.3, 0.4) is 0 Å². The lowest BCUT2D eigenvalue weighted by molar-refractivity contribution is 0.414. The van der Waals surface area contributed by atoms with Gasteiger partial charge in [-0.1, -0.05) is 55.8 Å². The summed E-state index contributed by atoms with van der Waals surface area (Å²) in [6.45, 7) is 3.77. The van der Waals surface area contributed by atoms with Crippen LogP contribution in [0, 0.1) is 0 Å². The first-order valence-electron chi connectivity index (χ1n) is 9.33. The van der Waals surface area contributed by atoms with Crippen molar-refractivity contribution in [1.82, 2.24) is 9.97 Å². The fourth-order valence-corrected chi connectivity index (χ4v) is 2.67. The van der Waals surface area contributed by atoms with E-state index in [0.29, 0.717) is 12.4 Å². The summed E-state index contributed by atoms with van der Waals surface area (Å²) in [6.07, 6.45) is 2.26. The number of aromatic nitrogens is 2. The Balaban J connectivity index is 1.78. The molecule has 0 aliphatic rings. The first-order valence-corrected chi connectivity index (χ1v) is 9.33. The largest absolute Gasteiger partial charge is 0.497 e. The third kappa shape index (κ3) is 5.45. The lowest BCUT2D eigenvalue weighted by Crippen LogP contribution is -2.08. The standard InChI is InChI=1S/C22H26N4O/c1-3-4-14-23-20-15-21(24-16-17-10-12-19(27-2)13-11-17)26-22(25-20)18-8-6-5-7-9-18/h5-13,15H,3-4,14,16H2,1-2H3,(H2,23,24,25,26). The zero-order valence-corrected chi connectivity index (χ0v) is 15.9. The minimum Gasteiger partial charge on any atom is -0.497 e. The number of unbranched alkanes of at least 4 members (excludes halogenated alkanes) is 1. The molecular formula is C22H26N4O. The zero-order chi connectivity index (χ0) is 18.9. The monoisotopic (exact) mass is 362 g/mol. The Labute approximate surface area is 160 Å². The maximum atomic E-state index is 5.21. The molecule has 0 aliphatic carbocycles. The third-order valence-corrected chi connectivity index (χ3v) is 4.23. The number of anilines is 2. The first kappa shape index (κ1) is 18.7. The summed E-state index contributed by atoms with van der Waals surface area (Å²) in [5.41, 5.74) is 2.17. The maximum Gasteiger partial charge on any atom is 0.163 e. The van der Waals surface area contributed by atoms with Crippen LogP contribution in [0.25, 0.3) is 11.4 Å². The fraction of sp³-hybridized carbons (Fsp3) is 0.273. The minimum absolute atomic E-state index is 0.684. The quantitative estimate of drug-likeness (QED) is 0.526. The normalized spacial score (nSPS) is 10.4. The summed E-state index contributed by atoms with van der Waals surface area (Å²) >= 11 is 0. The number of methoxy groups -OCH3 is 1. The van der Waals surface area contributed by atoms with E-state index in [9.17, 15) is 0 Å². The molecule has 3 aromatic rings. The third-order valence-electron chi connectivity index (χ3n) is 4.23. The van der Waals surface area contributed by atoms with Crippen molar-refractivity contribution in [1.29, 1.82) is 0 Å². The van der Waals surface area contributed by atoms with Gasteiger partial charge in [-0.3, -0.25) is 0 Å². The Morgan fingerprint density at radius 2 is 1.59 bits per heavy atom. The molecule has 0 aliphatic heterocycles. The van der Waals surface area contributed by atoms with Crippen LogP contribution in [-0.4, -0.2) is 23.6 Å². The van der Waals surface area contributed by atoms with Crippen molar-refractivity contribution in [2.24, 2.45) is 0 Å². The van der Waals surface area contributed by atoms with Gasteiger partial charge in [-0.05, 0) is 24.1 Å². The molecule has 3 rings (SSSR count). The molecule has 0 radical (unpaired) electrons. The van der Waals surface area contributed by atoms with Crippen molar-refractivity contribution >= 4 is 11.6 Å². The topological polar surface area (TPSA) is 59.1 Å². The van der Waals surface area contributed by atoms with Gasteiger partial charge in [0, 0.05) is 24.7 Å². The number of nitrogens with one attached hydrogen (secondary N) is 2. The van der Waals surface area contributed by atoms with Gasteiger partial charge in [0.15, 0.2) is 5.82 Å². The second-order valence-electron chi connectivity index (χ2n) is 6.31. The van der Waals surface area contributed by atoms with Gasteiger partial charge in [0.05, 0.1) is 7.11 Å². The van der Waals surface area contributed by atoms with E-state index in [0.717, 1.165) is 47.9 Å². The number of hydrogen-bond acceptors (Lipinski definition) is 5. The summed E-state index contributed by atoms with van der Waals surface area (Å²) in [4.78, 5) is 9.37. The molecule has 0 atom stereocenters. The molecule has 0 spiro atoms. The molecule has 0 bridgehead atoms. The summed E-state index contributed by atoms with van der Waals surface area (Å²) < 4.78 is 5.21. The summed E-state index contributed by atoms with van der Waals surface area (Å²) in [6, 6.07) is 20.0. The molecule has 2 N–H and O–H groups in total. The Morgan fingerprint density at radius 3 is 2.26 bits per heavy atom. The Hall–Kier alpha value is -3.08. The Kier molecular flexibility index (Phi) is 6.63. The zero-order valence-electron chi connectivity index (χ0n) is 15.9. The number of hydrogen-bond donors (Lipinski definition) is 2. The molecule has 0 saturated heterocycles. The van der Waals surface area contributed by atoms with Gasteiger partial charge in [-0.25, -0.2) is 9.97 Å². The van der Waals surface area contributed by atoms with E-state index in [-0.39, 0.29) is 0 Å². The molecule has 0 amide bonds. The predicted octanol–water partition coefficient (Wildman–Crippen LogP) is 4.98. The van der Waals surface area contributed by atoms with Crippen molar-refractivity contribution in [2.45, 2.75) is 26.3 Å². The summed E-state index contributed by atoms with van der Waals surface area (Å²) in [5, 5.41) is 6.81. The number of benzene rings is 2. The lowest BCUT2D eigenvalue weighted by Gasteiger charge is -2.12. The van der Waals surface area contributed by atoms with Crippen LogP contribution in [0.1, 0.15) is 25.3 Å². The SMILES string of the molecule is CCCCNc1cc(NCc2ccc(OC)cc2)nc(-c2ccccc2)n1. The Morgan fingerprint density at radius 1 is 0.889 bits per heavy atom. The van der Waals surface area contributed by atoms with E-state index >= 15 is 0 Å². The second kappa shape index (κ2) is 9.57. The lowest BCUT2D eigenvalue weighted by atomic mass is 10.2. The predicted molar refractivity (Wildman–Crippen MR) is 111 cm³/mol. The van der Waals surface area contributed by atoms with Crippen molar-refractivity contribution in [3.63, 3.8) is 0 Å². The van der Waals surface area contributed by atoms with Gasteiger partial charge in [0.1, 0.15) is 17.4 Å². The summed E-state index contributed by atoms with van der Waals surface area (Å²) in [7, 11) is 1.67. The van der Waals surface area contributed by atoms with E-state index in [1.54, 1.807) is 7.11 Å². The van der Waals surface area contributed by atoms with Gasteiger partial charge >= 0.3 is 0 Å². The molecule has 0 fully saturated rings. The molecule has 5 nitrogen and oxygen atoms in total. The molecular weight excluding hydrogens is 336 g/mol. The van der Waals surface area contributed by atoms with Gasteiger partial charge < -0.3 is 15.4 Å². The minimum atomic E-state index is 0.684. The molecule has 27 heavy (non-hydrogen) atoms. The van der Waals surface area contributed by atoms with Crippen LogP contribution in [0.15, 0.2) is 60.7 Å². The molecule has 5 heteroatoms. The molecule has 140 valence electrons. The van der Waals surface area contributed by atoms with E-state index in [1.165, 1.54) is 0 Å². The van der Waals surface area contributed by atoms with Crippen LogP contribution >= 0.6 is 0 Å². The average Bonchev–Trinajstić information content (AvgIpc) is 2.73. The highest BCUT2D eigenvalue weighted by Gasteiger charge is 2.07. The highest BCUT2D eigenvalue weighted by atomic mass is 16.5. The van der Waals surface area contributed by atoms with Crippen LogP contribution < -0.4 is 15.4 Å². The number of rotatable bonds is 9. The number of ether oxygens (including phenoxy) is 1. The van der Waals surface area contributed by atoms with Gasteiger partial charge in [-0.2, -0.15) is 0 Å². The van der Waals surface area contributed by atoms with Crippen molar-refractivity contribution in [2.75, 3.05) is 24.3 Å². The van der Waals surface area contributed by atoms with E-state index in [4.69, 9.17) is 9.72 Å². The highest BCUT2D eigenvalue weighted by molar-refractivity contribution is 5.61. The van der Waals surface area contributed by atoms with Crippen molar-refractivity contribution < 1.29 is 4.74 Å². The fourth-order valence-electron chi connectivity index (χ4n) is 2.67. The van der Waals surface area contributed by atoms with Gasteiger partial charge in [0.25, 0.3) is 0 Å². The van der Waals surface area contributed by atoms with Crippen molar-refractivity contribution in [3.05, 3.63) is 66.2 Å². The van der Waals surface area contributed by atoms with Crippen LogP contribution in [0.5, 0.6) is 5.75 Å². The molecule has 0 saturated carbocycles. The van der Waals surface area contributed by atoms with Crippen LogP contribution in [0.4, 0.5) is 11.6 Å². The maximum absolute atomic E-state index is 5.21. The molecule has 2 aromatic carbocycles. The summed E-state index contributed by atoms with van der Waals surface area (Å²) in [5.74, 6) is 3.22. The average molecular weight is 362 g/mol. The van der Waals surface area contributed by atoms with Crippen LogP contribution in [0.2, 0.25) is 0 Å². The van der Waals surface area contributed by atoms with Gasteiger partial charge in [0.2, 0.25) is 0 Å². The Bertz CT molecular complexity index is 835. The molecule has 0 unspecified atom stereocenters.